The third-order valence-electron chi connectivity index (χ3n) is 4.34. The maximum atomic E-state index is 11.0. The van der Waals surface area contributed by atoms with Gasteiger partial charge in [0, 0.05) is 24.4 Å². The lowest BCUT2D eigenvalue weighted by Crippen LogP contribution is -2.19. The molecule has 1 aliphatic rings. The van der Waals surface area contributed by atoms with Gasteiger partial charge in [-0.3, -0.25) is 25.2 Å². The summed E-state index contributed by atoms with van der Waals surface area (Å²) in [5.41, 5.74) is 2.25. The van der Waals surface area contributed by atoms with E-state index in [4.69, 9.17) is 0 Å². The summed E-state index contributed by atoms with van der Waals surface area (Å²) in [6.45, 7) is 0.700. The minimum absolute atomic E-state index is 0.239. The van der Waals surface area contributed by atoms with E-state index in [0.29, 0.717) is 18.5 Å². The van der Waals surface area contributed by atoms with Crippen LogP contribution in [0.5, 0.6) is 0 Å². The van der Waals surface area contributed by atoms with Gasteiger partial charge in [0.05, 0.1) is 15.9 Å². The molecule has 1 unspecified atom stereocenters. The van der Waals surface area contributed by atoms with Crippen molar-refractivity contribution in [1.82, 2.24) is 0 Å². The second-order valence-corrected chi connectivity index (χ2v) is 6.13. The highest BCUT2D eigenvalue weighted by molar-refractivity contribution is 6.01. The largest absolute Gasteiger partial charge is 0.289 e. The Balaban J connectivity index is 1.79. The summed E-state index contributed by atoms with van der Waals surface area (Å²) >= 11 is 0. The molecule has 0 N–H and O–H groups in total. The van der Waals surface area contributed by atoms with Crippen molar-refractivity contribution in [3.05, 3.63) is 79.9 Å². The summed E-state index contributed by atoms with van der Waals surface area (Å²) < 4.78 is 0. The molecule has 0 saturated carbocycles. The first-order chi connectivity index (χ1) is 12.0. The summed E-state index contributed by atoms with van der Waals surface area (Å²) in [6, 6.07) is 13.8. The molecule has 0 aliphatic carbocycles. The van der Waals surface area contributed by atoms with Crippen molar-refractivity contribution in [3.8, 4) is 0 Å². The Morgan fingerprint density at radius 3 is 2.24 bits per heavy atom. The Kier molecular flexibility index (Phi) is 4.83. The number of nitro benzene ring substituents is 2. The van der Waals surface area contributed by atoms with Gasteiger partial charge in [-0.15, -0.1) is 0 Å². The van der Waals surface area contributed by atoms with Crippen LogP contribution in [-0.2, 0) is 6.42 Å². The number of benzene rings is 2. The van der Waals surface area contributed by atoms with Crippen LogP contribution >= 0.6 is 0 Å². The van der Waals surface area contributed by atoms with E-state index in [-0.39, 0.29) is 17.3 Å². The summed E-state index contributed by atoms with van der Waals surface area (Å²) in [6.07, 6.45) is 2.20. The molecule has 2 aromatic carbocycles. The van der Waals surface area contributed by atoms with Gasteiger partial charge in [0.2, 0.25) is 0 Å². The van der Waals surface area contributed by atoms with Crippen LogP contribution in [0.4, 0.5) is 11.4 Å². The van der Waals surface area contributed by atoms with E-state index in [1.807, 2.05) is 30.3 Å². The minimum Gasteiger partial charge on any atom is -0.289 e. The van der Waals surface area contributed by atoms with Crippen molar-refractivity contribution >= 4 is 17.1 Å². The monoisotopic (exact) mass is 339 g/mol. The second-order valence-electron chi connectivity index (χ2n) is 6.13. The standard InChI is InChI=1S/C18H17N3O4/c22-20(23)16-9-14(10-17(12-16)21(24)25)8-13-6-7-19-18(11-13)15-4-2-1-3-5-15/h1-5,9-10,12-13H,6-8,11H2. The average molecular weight is 339 g/mol. The number of hydrogen-bond acceptors (Lipinski definition) is 5. The average Bonchev–Trinajstić information content (AvgIpc) is 2.62. The molecule has 0 spiro atoms. The molecule has 0 radical (unpaired) electrons. The van der Waals surface area contributed by atoms with E-state index in [9.17, 15) is 20.2 Å². The van der Waals surface area contributed by atoms with Gasteiger partial charge in [0.1, 0.15) is 0 Å². The predicted octanol–water partition coefficient (Wildman–Crippen LogP) is 3.94. The molecule has 0 saturated heterocycles. The Hall–Kier alpha value is -3.09. The van der Waals surface area contributed by atoms with Crippen molar-refractivity contribution in [1.29, 1.82) is 0 Å². The molecule has 3 rings (SSSR count). The van der Waals surface area contributed by atoms with E-state index in [1.165, 1.54) is 12.1 Å². The fourth-order valence-electron chi connectivity index (χ4n) is 3.15. The third-order valence-corrected chi connectivity index (χ3v) is 4.34. The highest BCUT2D eigenvalue weighted by Gasteiger charge is 2.22. The van der Waals surface area contributed by atoms with Crippen LogP contribution in [-0.4, -0.2) is 22.1 Å². The van der Waals surface area contributed by atoms with Crippen LogP contribution < -0.4 is 0 Å². The van der Waals surface area contributed by atoms with E-state index in [1.54, 1.807) is 0 Å². The molecule has 0 amide bonds. The summed E-state index contributed by atoms with van der Waals surface area (Å²) in [4.78, 5) is 25.4. The van der Waals surface area contributed by atoms with Crippen LogP contribution in [0.3, 0.4) is 0 Å². The summed E-state index contributed by atoms with van der Waals surface area (Å²) in [5, 5.41) is 22.0. The molecule has 1 atom stereocenters. The molecule has 7 heteroatoms. The van der Waals surface area contributed by atoms with Crippen molar-refractivity contribution < 1.29 is 9.85 Å². The van der Waals surface area contributed by atoms with E-state index in [0.717, 1.165) is 30.2 Å². The van der Waals surface area contributed by atoms with Crippen molar-refractivity contribution in [3.63, 3.8) is 0 Å². The van der Waals surface area contributed by atoms with Crippen LogP contribution in [0.2, 0.25) is 0 Å². The van der Waals surface area contributed by atoms with Gasteiger partial charge in [-0.25, -0.2) is 0 Å². The Bertz CT molecular complexity index is 801. The zero-order chi connectivity index (χ0) is 17.8. The van der Waals surface area contributed by atoms with E-state index in [2.05, 4.69) is 4.99 Å². The zero-order valence-electron chi connectivity index (χ0n) is 13.5. The first kappa shape index (κ1) is 16.8. The fraction of sp³-hybridized carbons (Fsp3) is 0.278. The molecular formula is C18H17N3O4. The van der Waals surface area contributed by atoms with Crippen molar-refractivity contribution in [2.45, 2.75) is 19.3 Å². The Morgan fingerprint density at radius 1 is 1.00 bits per heavy atom. The van der Waals surface area contributed by atoms with Crippen LogP contribution in [0.1, 0.15) is 24.0 Å². The first-order valence-electron chi connectivity index (χ1n) is 8.04. The lowest BCUT2D eigenvalue weighted by atomic mass is 9.87. The molecule has 1 aliphatic heterocycles. The van der Waals surface area contributed by atoms with E-state index >= 15 is 0 Å². The summed E-state index contributed by atoms with van der Waals surface area (Å²) in [5.74, 6) is 0.259. The Labute approximate surface area is 144 Å². The molecule has 0 bridgehead atoms. The van der Waals surface area contributed by atoms with Crippen molar-refractivity contribution in [2.24, 2.45) is 10.9 Å². The molecule has 1 heterocycles. The van der Waals surface area contributed by atoms with E-state index < -0.39 is 9.85 Å². The van der Waals surface area contributed by atoms with Crippen LogP contribution in [0, 0.1) is 26.1 Å². The highest BCUT2D eigenvalue weighted by atomic mass is 16.6. The number of aliphatic imine (C=N–C) groups is 1. The topological polar surface area (TPSA) is 98.6 Å². The number of non-ortho nitro benzene ring substituents is 2. The molecule has 2 aromatic rings. The molecule has 25 heavy (non-hydrogen) atoms. The van der Waals surface area contributed by atoms with Crippen LogP contribution in [0.15, 0.2) is 53.5 Å². The second kappa shape index (κ2) is 7.21. The van der Waals surface area contributed by atoms with Gasteiger partial charge in [0.25, 0.3) is 11.4 Å². The van der Waals surface area contributed by atoms with Gasteiger partial charge in [-0.1, -0.05) is 30.3 Å². The van der Waals surface area contributed by atoms with Gasteiger partial charge in [0.15, 0.2) is 0 Å². The maximum Gasteiger partial charge on any atom is 0.276 e. The number of nitro groups is 2. The van der Waals surface area contributed by atoms with Crippen molar-refractivity contribution in [2.75, 3.05) is 6.54 Å². The predicted molar refractivity (Wildman–Crippen MR) is 94.0 cm³/mol. The van der Waals surface area contributed by atoms with Gasteiger partial charge < -0.3 is 0 Å². The van der Waals surface area contributed by atoms with Crippen LogP contribution in [0.25, 0.3) is 0 Å². The maximum absolute atomic E-state index is 11.0. The number of hydrogen-bond donors (Lipinski definition) is 0. The third kappa shape index (κ3) is 4.06. The molecule has 0 fully saturated rings. The lowest BCUT2D eigenvalue weighted by Gasteiger charge is -2.22. The molecule has 0 aromatic heterocycles. The Morgan fingerprint density at radius 2 is 1.64 bits per heavy atom. The molecular weight excluding hydrogens is 322 g/mol. The van der Waals surface area contributed by atoms with Gasteiger partial charge in [-0.05, 0) is 36.3 Å². The number of rotatable bonds is 5. The SMILES string of the molecule is O=[N+]([O-])c1cc(CC2CCN=C(c3ccccc3)C2)cc([N+](=O)[O-])c1. The highest BCUT2D eigenvalue weighted by Crippen LogP contribution is 2.28. The molecule has 7 nitrogen and oxygen atoms in total. The van der Waals surface area contributed by atoms with Gasteiger partial charge >= 0.3 is 0 Å². The normalized spacial score (nSPS) is 17.0. The lowest BCUT2D eigenvalue weighted by molar-refractivity contribution is -0.394. The minimum atomic E-state index is -0.589. The molecule has 128 valence electrons. The zero-order valence-corrected chi connectivity index (χ0v) is 13.5. The first-order valence-corrected chi connectivity index (χ1v) is 8.04. The fourth-order valence-corrected chi connectivity index (χ4v) is 3.15. The summed E-state index contributed by atoms with van der Waals surface area (Å²) in [7, 11) is 0. The smallest absolute Gasteiger partial charge is 0.276 e. The quantitative estimate of drug-likeness (QED) is 0.608. The number of nitrogens with zero attached hydrogens (tertiary/aromatic N) is 3. The van der Waals surface area contributed by atoms with Gasteiger partial charge in [-0.2, -0.15) is 0 Å².